The van der Waals surface area contributed by atoms with E-state index in [1.165, 1.54) is 0 Å². The average Bonchev–Trinajstić information content (AvgIpc) is 2.72. The number of thiazole rings is 1. The molecule has 0 aliphatic heterocycles. The molecular formula is C12H10N4S. The van der Waals surface area contributed by atoms with E-state index in [-0.39, 0.29) is 0 Å². The molecule has 0 amide bonds. The number of anilines is 1. The van der Waals surface area contributed by atoms with Crippen molar-refractivity contribution >= 4 is 27.5 Å². The molecule has 17 heavy (non-hydrogen) atoms. The topological polar surface area (TPSA) is 64.7 Å². The van der Waals surface area contributed by atoms with Crippen LogP contribution in [0.4, 0.5) is 5.69 Å². The molecule has 3 rings (SSSR count). The zero-order chi connectivity index (χ0) is 11.8. The van der Waals surface area contributed by atoms with Crippen LogP contribution in [0.25, 0.3) is 21.0 Å². The number of aromatic nitrogens is 3. The number of nitrogens with two attached hydrogens (primary N) is 1. The zero-order valence-corrected chi connectivity index (χ0v) is 10.0. The Bertz CT molecular complexity index is 657. The van der Waals surface area contributed by atoms with Gasteiger partial charge in [0.1, 0.15) is 5.01 Å². The molecule has 4 nitrogen and oxygen atoms in total. The summed E-state index contributed by atoms with van der Waals surface area (Å²) in [6.07, 6.45) is 3.34. The first-order valence-electron chi connectivity index (χ1n) is 5.18. The Balaban J connectivity index is 2.20. The minimum absolute atomic E-state index is 0.698. The smallest absolute Gasteiger partial charge is 0.190 e. The highest BCUT2D eigenvalue weighted by Crippen LogP contribution is 2.30. The number of fused-ring (bicyclic) bond motifs is 1. The van der Waals surface area contributed by atoms with E-state index in [9.17, 15) is 0 Å². The Labute approximate surface area is 102 Å². The summed E-state index contributed by atoms with van der Waals surface area (Å²) in [5.41, 5.74) is 9.41. The second-order valence-corrected chi connectivity index (χ2v) is 4.76. The molecule has 0 spiro atoms. The van der Waals surface area contributed by atoms with E-state index in [0.29, 0.717) is 5.65 Å². The van der Waals surface area contributed by atoms with Crippen LogP contribution >= 0.6 is 11.3 Å². The quantitative estimate of drug-likeness (QED) is 0.666. The van der Waals surface area contributed by atoms with Crippen LogP contribution in [0.3, 0.4) is 0 Å². The molecule has 5 heteroatoms. The molecule has 0 saturated heterocycles. The maximum Gasteiger partial charge on any atom is 0.190 e. The molecule has 0 saturated carbocycles. The van der Waals surface area contributed by atoms with E-state index >= 15 is 0 Å². The molecule has 1 aromatic carbocycles. The summed E-state index contributed by atoms with van der Waals surface area (Å²) < 4.78 is 0. The predicted molar refractivity (Wildman–Crippen MR) is 69.8 cm³/mol. The highest BCUT2D eigenvalue weighted by molar-refractivity contribution is 7.21. The maximum absolute atomic E-state index is 5.74. The highest BCUT2D eigenvalue weighted by atomic mass is 32.1. The number of hydrogen-bond donors (Lipinski definition) is 1. The largest absolute Gasteiger partial charge is 0.399 e. The van der Waals surface area contributed by atoms with Crippen molar-refractivity contribution in [3.63, 3.8) is 0 Å². The Morgan fingerprint density at radius 1 is 1.18 bits per heavy atom. The van der Waals surface area contributed by atoms with E-state index in [2.05, 4.69) is 15.0 Å². The van der Waals surface area contributed by atoms with Gasteiger partial charge in [0.05, 0.1) is 0 Å². The summed E-state index contributed by atoms with van der Waals surface area (Å²) in [4.78, 5) is 13.8. The van der Waals surface area contributed by atoms with Gasteiger partial charge in [-0.15, -0.1) is 0 Å². The first-order chi connectivity index (χ1) is 8.24. The monoisotopic (exact) mass is 242 g/mol. The average molecular weight is 242 g/mol. The van der Waals surface area contributed by atoms with Gasteiger partial charge >= 0.3 is 0 Å². The van der Waals surface area contributed by atoms with Gasteiger partial charge in [-0.05, 0) is 30.7 Å². The van der Waals surface area contributed by atoms with E-state index in [1.807, 2.05) is 25.1 Å². The lowest BCUT2D eigenvalue weighted by atomic mass is 10.1. The highest BCUT2D eigenvalue weighted by Gasteiger charge is 2.09. The third kappa shape index (κ3) is 1.74. The number of benzene rings is 1. The minimum Gasteiger partial charge on any atom is -0.399 e. The number of hydrogen-bond acceptors (Lipinski definition) is 5. The van der Waals surface area contributed by atoms with Crippen LogP contribution in [0.15, 0.2) is 30.6 Å². The molecular weight excluding hydrogens is 232 g/mol. The van der Waals surface area contributed by atoms with Crippen molar-refractivity contribution in [3.8, 4) is 10.6 Å². The summed E-state index contributed by atoms with van der Waals surface area (Å²) in [6.45, 7) is 2.03. The fraction of sp³-hybridized carbons (Fsp3) is 0.0833. The van der Waals surface area contributed by atoms with Gasteiger partial charge in [-0.25, -0.2) is 15.0 Å². The summed E-state index contributed by atoms with van der Waals surface area (Å²) >= 11 is 1.54. The molecule has 0 aliphatic rings. The van der Waals surface area contributed by atoms with Crippen molar-refractivity contribution in [2.75, 3.05) is 5.73 Å². The van der Waals surface area contributed by atoms with Crippen LogP contribution in [0, 0.1) is 6.92 Å². The van der Waals surface area contributed by atoms with Crippen molar-refractivity contribution in [2.24, 2.45) is 0 Å². The molecule has 0 unspecified atom stereocenters. The van der Waals surface area contributed by atoms with Crippen LogP contribution < -0.4 is 5.73 Å². The predicted octanol–water partition coefficient (Wildman–Crippen LogP) is 2.64. The van der Waals surface area contributed by atoms with Crippen molar-refractivity contribution in [1.82, 2.24) is 15.0 Å². The van der Waals surface area contributed by atoms with Crippen molar-refractivity contribution in [1.29, 1.82) is 0 Å². The van der Waals surface area contributed by atoms with Gasteiger partial charge in [0.15, 0.2) is 10.5 Å². The second kappa shape index (κ2) is 3.78. The molecule has 2 aromatic heterocycles. The van der Waals surface area contributed by atoms with Crippen LogP contribution in [-0.4, -0.2) is 15.0 Å². The van der Waals surface area contributed by atoms with Gasteiger partial charge in [0.25, 0.3) is 0 Å². The molecule has 84 valence electrons. The molecule has 0 radical (unpaired) electrons. The molecule has 3 aromatic rings. The maximum atomic E-state index is 5.74. The number of nitrogen functional groups attached to an aromatic ring is 1. The van der Waals surface area contributed by atoms with E-state index in [4.69, 9.17) is 5.73 Å². The van der Waals surface area contributed by atoms with Gasteiger partial charge in [-0.1, -0.05) is 11.3 Å². The molecule has 2 N–H and O–H groups in total. The lowest BCUT2D eigenvalue weighted by Gasteiger charge is -2.02. The van der Waals surface area contributed by atoms with Gasteiger partial charge < -0.3 is 5.73 Å². The molecule has 0 fully saturated rings. The zero-order valence-electron chi connectivity index (χ0n) is 9.21. The van der Waals surface area contributed by atoms with E-state index in [0.717, 1.165) is 26.7 Å². The second-order valence-electron chi connectivity index (χ2n) is 3.78. The van der Waals surface area contributed by atoms with E-state index in [1.54, 1.807) is 23.7 Å². The van der Waals surface area contributed by atoms with Crippen LogP contribution in [0.2, 0.25) is 0 Å². The molecule has 0 atom stereocenters. The van der Waals surface area contributed by atoms with Gasteiger partial charge in [0, 0.05) is 23.6 Å². The summed E-state index contributed by atoms with van der Waals surface area (Å²) in [5, 5.41) is 0.934. The van der Waals surface area contributed by atoms with Gasteiger partial charge in [-0.2, -0.15) is 0 Å². The fourth-order valence-corrected chi connectivity index (χ4v) is 2.68. The lowest BCUT2D eigenvalue weighted by Crippen LogP contribution is -1.88. The third-order valence-corrected chi connectivity index (χ3v) is 3.51. The third-order valence-electron chi connectivity index (χ3n) is 2.53. The van der Waals surface area contributed by atoms with E-state index < -0.39 is 0 Å². The minimum atomic E-state index is 0.698. The first-order valence-corrected chi connectivity index (χ1v) is 6.00. The summed E-state index contributed by atoms with van der Waals surface area (Å²) in [7, 11) is 0. The number of nitrogens with zero attached hydrogens (tertiary/aromatic N) is 3. The van der Waals surface area contributed by atoms with Crippen LogP contribution in [-0.2, 0) is 0 Å². The van der Waals surface area contributed by atoms with Crippen molar-refractivity contribution in [3.05, 3.63) is 36.2 Å². The fourth-order valence-electron chi connectivity index (χ4n) is 1.72. The molecule has 2 heterocycles. The Morgan fingerprint density at radius 2 is 2.00 bits per heavy atom. The lowest BCUT2D eigenvalue weighted by molar-refractivity contribution is 1.26. The van der Waals surface area contributed by atoms with Gasteiger partial charge in [0.2, 0.25) is 0 Å². The Kier molecular flexibility index (Phi) is 2.26. The standard InChI is InChI=1S/C12H10N4S/c1-7-6-8(13)2-3-9(7)11-16-10-12(17-11)15-5-4-14-10/h2-6H,13H2,1H3. The van der Waals surface area contributed by atoms with Gasteiger partial charge in [-0.3, -0.25) is 0 Å². The SMILES string of the molecule is Cc1cc(N)ccc1-c1nc2nccnc2s1. The number of aryl methyl sites for hydroxylation is 1. The van der Waals surface area contributed by atoms with Crippen molar-refractivity contribution < 1.29 is 0 Å². The van der Waals surface area contributed by atoms with Crippen LogP contribution in [0.1, 0.15) is 5.56 Å². The summed E-state index contributed by atoms with van der Waals surface area (Å²) in [5.74, 6) is 0. The molecule has 0 aliphatic carbocycles. The number of rotatable bonds is 1. The Morgan fingerprint density at radius 3 is 2.76 bits per heavy atom. The summed E-state index contributed by atoms with van der Waals surface area (Å²) in [6, 6.07) is 5.82. The molecule has 0 bridgehead atoms. The van der Waals surface area contributed by atoms with Crippen molar-refractivity contribution in [2.45, 2.75) is 6.92 Å². The Hall–Kier alpha value is -2.01. The normalized spacial score (nSPS) is 10.9. The first kappa shape index (κ1) is 10.2. The van der Waals surface area contributed by atoms with Crippen LogP contribution in [0.5, 0.6) is 0 Å².